The van der Waals surface area contributed by atoms with Crippen LogP contribution < -0.4 is 0 Å². The van der Waals surface area contributed by atoms with Crippen LogP contribution >= 0.6 is 34.8 Å². The molecule has 0 spiro atoms. The molecular weight excluding hydrogens is 615 g/mol. The first-order chi connectivity index (χ1) is 21.3. The number of carbonyl (C=O) groups excluding carboxylic acids is 3. The molecule has 220 valence electrons. The summed E-state index contributed by atoms with van der Waals surface area (Å²) in [5.41, 5.74) is 2.76. The van der Waals surface area contributed by atoms with Gasteiger partial charge in [0.05, 0.1) is 0 Å². The zero-order chi connectivity index (χ0) is 31.1. The van der Waals surface area contributed by atoms with E-state index in [1.165, 1.54) is 0 Å². The average Bonchev–Trinajstić information content (AvgIpc) is 3.05. The Hall–Kier alpha value is -4.16. The number of nitrogens with zero attached hydrogens (tertiary/aromatic N) is 2. The molecule has 0 radical (unpaired) electrons. The average molecular weight is 642 g/mol. The number of halogens is 3. The monoisotopic (exact) mass is 640 g/mol. The number of rotatable bonds is 12. The predicted molar refractivity (Wildman–Crippen MR) is 174 cm³/mol. The Balaban J connectivity index is 1.66. The van der Waals surface area contributed by atoms with Crippen LogP contribution in [0, 0.1) is 5.92 Å². The van der Waals surface area contributed by atoms with E-state index < -0.39 is 17.8 Å². The van der Waals surface area contributed by atoms with Gasteiger partial charge < -0.3 is 0 Å². The largest absolute Gasteiger partial charge is 0.294 e. The van der Waals surface area contributed by atoms with Gasteiger partial charge in [0.15, 0.2) is 17.3 Å². The second-order valence-corrected chi connectivity index (χ2v) is 11.8. The summed E-state index contributed by atoms with van der Waals surface area (Å²) in [4.78, 5) is 50.9. The van der Waals surface area contributed by atoms with Crippen molar-refractivity contribution < 1.29 is 14.4 Å². The molecule has 5 nitrogen and oxygen atoms in total. The second-order valence-electron chi connectivity index (χ2n) is 10.5. The summed E-state index contributed by atoms with van der Waals surface area (Å²) < 4.78 is 0. The summed E-state index contributed by atoms with van der Waals surface area (Å²) in [6.07, 6.45) is 6.60. The molecule has 0 amide bonds. The van der Waals surface area contributed by atoms with Gasteiger partial charge >= 0.3 is 0 Å². The summed E-state index contributed by atoms with van der Waals surface area (Å²) in [6, 6.07) is 27.2. The van der Waals surface area contributed by atoms with Crippen LogP contribution in [0.25, 0.3) is 0 Å². The van der Waals surface area contributed by atoms with Crippen LogP contribution in [0.2, 0.25) is 15.1 Å². The number of ketones is 3. The van der Waals surface area contributed by atoms with Crippen LogP contribution in [0.5, 0.6) is 0 Å². The molecule has 0 bridgehead atoms. The number of pyridine rings is 2. The lowest BCUT2D eigenvalue weighted by molar-refractivity contribution is 0.0833. The highest BCUT2D eigenvalue weighted by Gasteiger charge is 2.40. The van der Waals surface area contributed by atoms with E-state index >= 15 is 0 Å². The SMILES string of the molecule is O=C(CC(c1cccnc1)C(C(=O)c1ccc(Cl)cc1)C(CC(=O)c1ccc(Cl)cc1)c1cccnc1)c1ccc(Cl)cc1. The molecule has 0 saturated carbocycles. The first-order valence-electron chi connectivity index (χ1n) is 14.0. The highest BCUT2D eigenvalue weighted by atomic mass is 35.5. The summed E-state index contributed by atoms with van der Waals surface area (Å²) in [5.74, 6) is -2.69. The fourth-order valence-electron chi connectivity index (χ4n) is 5.45. The molecule has 0 aliphatic rings. The van der Waals surface area contributed by atoms with Crippen molar-refractivity contribution in [3.63, 3.8) is 0 Å². The second kappa shape index (κ2) is 14.5. The molecule has 2 aromatic heterocycles. The molecule has 8 heteroatoms. The maximum absolute atomic E-state index is 14.7. The fraction of sp³-hybridized carbons (Fsp3) is 0.139. The van der Waals surface area contributed by atoms with Crippen LogP contribution in [0.15, 0.2) is 122 Å². The molecule has 5 rings (SSSR count). The summed E-state index contributed by atoms with van der Waals surface area (Å²) in [7, 11) is 0. The van der Waals surface area contributed by atoms with E-state index in [0.29, 0.717) is 42.9 Å². The van der Waals surface area contributed by atoms with Crippen molar-refractivity contribution in [1.82, 2.24) is 9.97 Å². The number of hydrogen-bond donors (Lipinski definition) is 0. The maximum Gasteiger partial charge on any atom is 0.167 e. The third-order valence-electron chi connectivity index (χ3n) is 7.67. The minimum absolute atomic E-state index is 0.0107. The highest BCUT2D eigenvalue weighted by molar-refractivity contribution is 6.31. The Morgan fingerprint density at radius 1 is 0.523 bits per heavy atom. The third kappa shape index (κ3) is 7.67. The van der Waals surface area contributed by atoms with Gasteiger partial charge in [-0.1, -0.05) is 46.9 Å². The maximum atomic E-state index is 14.7. The number of carbonyl (C=O) groups is 3. The van der Waals surface area contributed by atoms with Gasteiger partial charge in [0, 0.05) is 87.1 Å². The molecule has 0 N–H and O–H groups in total. The van der Waals surface area contributed by atoms with E-state index in [4.69, 9.17) is 34.8 Å². The standard InChI is InChI=1S/C36H27Cl3N2O3/c37-28-11-5-23(6-12-28)33(42)19-31(26-3-1-17-40-21-26)35(36(44)25-9-15-30(39)16-10-25)32(27-4-2-18-41-22-27)20-34(43)24-7-13-29(38)14-8-24/h1-18,21-22,31-32,35H,19-20H2. The molecule has 2 heterocycles. The molecule has 3 aromatic carbocycles. The molecule has 44 heavy (non-hydrogen) atoms. The topological polar surface area (TPSA) is 77.0 Å². The number of Topliss-reactive ketones (excluding diaryl/α,β-unsaturated/α-hetero) is 3. The van der Waals surface area contributed by atoms with E-state index in [1.807, 2.05) is 12.1 Å². The molecule has 2 unspecified atom stereocenters. The van der Waals surface area contributed by atoms with Crippen molar-refractivity contribution >= 4 is 52.2 Å². The van der Waals surface area contributed by atoms with Crippen molar-refractivity contribution in [3.8, 4) is 0 Å². The van der Waals surface area contributed by atoms with Gasteiger partial charge in [-0.05, 0) is 96.1 Å². The van der Waals surface area contributed by atoms with Crippen LogP contribution in [0.4, 0.5) is 0 Å². The Bertz CT molecular complexity index is 1630. The van der Waals surface area contributed by atoms with Crippen LogP contribution in [-0.4, -0.2) is 27.3 Å². The van der Waals surface area contributed by atoms with Crippen LogP contribution in [-0.2, 0) is 0 Å². The lowest BCUT2D eigenvalue weighted by Crippen LogP contribution is -2.32. The van der Waals surface area contributed by atoms with Gasteiger partial charge in [0.2, 0.25) is 0 Å². The van der Waals surface area contributed by atoms with Gasteiger partial charge in [-0.15, -0.1) is 0 Å². The summed E-state index contributed by atoms with van der Waals surface area (Å²) in [5, 5.41) is 1.51. The molecule has 0 aliphatic carbocycles. The van der Waals surface area contributed by atoms with Gasteiger partial charge in [-0.2, -0.15) is 0 Å². The Kier molecular flexibility index (Phi) is 10.3. The quantitative estimate of drug-likeness (QED) is 0.127. The Labute approximate surface area is 270 Å². The zero-order valence-corrected chi connectivity index (χ0v) is 25.7. The third-order valence-corrected chi connectivity index (χ3v) is 8.42. The van der Waals surface area contributed by atoms with Gasteiger partial charge in [-0.25, -0.2) is 0 Å². The van der Waals surface area contributed by atoms with Crippen LogP contribution in [0.1, 0.15) is 66.9 Å². The van der Waals surface area contributed by atoms with E-state index in [1.54, 1.807) is 110 Å². The zero-order valence-electron chi connectivity index (χ0n) is 23.4. The lowest BCUT2D eigenvalue weighted by Gasteiger charge is -2.33. The molecular formula is C36H27Cl3N2O3. The summed E-state index contributed by atoms with van der Waals surface area (Å²) >= 11 is 18.3. The first-order valence-corrected chi connectivity index (χ1v) is 15.1. The van der Waals surface area contributed by atoms with Crippen molar-refractivity contribution in [3.05, 3.63) is 165 Å². The van der Waals surface area contributed by atoms with Gasteiger partial charge in [-0.3, -0.25) is 24.4 Å². The van der Waals surface area contributed by atoms with Crippen molar-refractivity contribution in [2.24, 2.45) is 5.92 Å². The van der Waals surface area contributed by atoms with E-state index in [9.17, 15) is 14.4 Å². The minimum Gasteiger partial charge on any atom is -0.294 e. The van der Waals surface area contributed by atoms with Crippen LogP contribution in [0.3, 0.4) is 0 Å². The normalized spacial score (nSPS) is 13.1. The Morgan fingerprint density at radius 2 is 0.886 bits per heavy atom. The van der Waals surface area contributed by atoms with E-state index in [-0.39, 0.29) is 30.2 Å². The smallest absolute Gasteiger partial charge is 0.167 e. The minimum atomic E-state index is -0.850. The molecule has 0 aliphatic heterocycles. The van der Waals surface area contributed by atoms with Crippen molar-refractivity contribution in [2.45, 2.75) is 24.7 Å². The van der Waals surface area contributed by atoms with Gasteiger partial charge in [0.1, 0.15) is 0 Å². The number of hydrogen-bond acceptors (Lipinski definition) is 5. The first kappa shape index (κ1) is 31.3. The van der Waals surface area contributed by atoms with Gasteiger partial charge in [0.25, 0.3) is 0 Å². The predicted octanol–water partition coefficient (Wildman–Crippen LogP) is 9.35. The fourth-order valence-corrected chi connectivity index (χ4v) is 5.83. The van der Waals surface area contributed by atoms with E-state index in [0.717, 1.165) is 0 Å². The highest BCUT2D eigenvalue weighted by Crippen LogP contribution is 2.43. The number of benzene rings is 3. The number of aromatic nitrogens is 2. The molecule has 5 aromatic rings. The van der Waals surface area contributed by atoms with E-state index in [2.05, 4.69) is 9.97 Å². The molecule has 0 saturated heterocycles. The summed E-state index contributed by atoms with van der Waals surface area (Å²) in [6.45, 7) is 0. The molecule has 0 fully saturated rings. The van der Waals surface area contributed by atoms with Crippen molar-refractivity contribution in [1.29, 1.82) is 0 Å². The lowest BCUT2D eigenvalue weighted by atomic mass is 9.68. The van der Waals surface area contributed by atoms with Crippen molar-refractivity contribution in [2.75, 3.05) is 0 Å². The Morgan fingerprint density at radius 3 is 1.23 bits per heavy atom. The molecule has 2 atom stereocenters.